The number of rotatable bonds is 6. The first-order valence-corrected chi connectivity index (χ1v) is 15.1. The number of carbonyl (C=O) groups is 3. The average Bonchev–Trinajstić information content (AvgIpc) is 3.39. The van der Waals surface area contributed by atoms with E-state index in [1.54, 1.807) is 25.2 Å². The van der Waals surface area contributed by atoms with Gasteiger partial charge in [0.1, 0.15) is 5.82 Å². The maximum atomic E-state index is 13.8. The van der Waals surface area contributed by atoms with Crippen molar-refractivity contribution in [2.24, 2.45) is 5.92 Å². The molecule has 0 saturated heterocycles. The minimum Gasteiger partial charge on any atom is -0.359 e. The number of halogens is 2. The Labute approximate surface area is 252 Å². The van der Waals surface area contributed by atoms with Crippen molar-refractivity contribution in [3.63, 3.8) is 0 Å². The van der Waals surface area contributed by atoms with Gasteiger partial charge in [-0.05, 0) is 59.3 Å². The highest BCUT2D eigenvalue weighted by Crippen LogP contribution is 2.41. The molecule has 1 aromatic heterocycles. The zero-order chi connectivity index (χ0) is 28.7. The van der Waals surface area contributed by atoms with E-state index >= 15 is 0 Å². The van der Waals surface area contributed by atoms with Gasteiger partial charge in [-0.15, -0.1) is 0 Å². The number of ketones is 2. The summed E-state index contributed by atoms with van der Waals surface area (Å²) in [6, 6.07) is 14.7. The van der Waals surface area contributed by atoms with E-state index in [0.29, 0.717) is 33.7 Å². The Balaban J connectivity index is 1.42. The van der Waals surface area contributed by atoms with Crippen LogP contribution in [0.25, 0.3) is 0 Å². The zero-order valence-electron chi connectivity index (χ0n) is 22.7. The second kappa shape index (κ2) is 11.5. The SMILES string of the molecule is CNC(=O)C1CCC(N2C3=C(Cn4ncc(Cc5ccccc5)c42)C(C(=O)c2ccc(Br)c(Cl)c2)NCC3=O)CC1. The number of carbonyl (C=O) groups excluding carboxylic acids is 3. The van der Waals surface area contributed by atoms with Crippen molar-refractivity contribution in [3.05, 3.63) is 92.2 Å². The third-order valence-electron chi connectivity index (χ3n) is 8.44. The van der Waals surface area contributed by atoms with Gasteiger partial charge >= 0.3 is 0 Å². The molecule has 2 aliphatic heterocycles. The maximum absolute atomic E-state index is 13.8. The predicted octanol–water partition coefficient (Wildman–Crippen LogP) is 4.69. The fourth-order valence-corrected chi connectivity index (χ4v) is 6.84. The Morgan fingerprint density at radius 3 is 2.59 bits per heavy atom. The van der Waals surface area contributed by atoms with E-state index in [2.05, 4.69) is 43.6 Å². The van der Waals surface area contributed by atoms with Gasteiger partial charge in [-0.3, -0.25) is 19.7 Å². The molecule has 1 saturated carbocycles. The number of nitrogens with one attached hydrogen (secondary N) is 2. The van der Waals surface area contributed by atoms with Crippen LogP contribution >= 0.6 is 27.5 Å². The summed E-state index contributed by atoms with van der Waals surface area (Å²) in [5.41, 5.74) is 3.98. The van der Waals surface area contributed by atoms with Gasteiger partial charge in [-0.2, -0.15) is 5.10 Å². The van der Waals surface area contributed by atoms with Gasteiger partial charge in [-0.1, -0.05) is 48.0 Å². The van der Waals surface area contributed by atoms with E-state index in [1.807, 2.05) is 29.1 Å². The van der Waals surface area contributed by atoms with Crippen LogP contribution in [-0.4, -0.2) is 52.9 Å². The molecule has 1 unspecified atom stereocenters. The van der Waals surface area contributed by atoms with Gasteiger partial charge in [-0.25, -0.2) is 4.68 Å². The van der Waals surface area contributed by atoms with E-state index in [0.717, 1.165) is 48.2 Å². The Kier molecular flexibility index (Phi) is 7.85. The van der Waals surface area contributed by atoms with Crippen molar-refractivity contribution in [1.29, 1.82) is 0 Å². The van der Waals surface area contributed by atoms with Crippen LogP contribution in [0.2, 0.25) is 5.02 Å². The summed E-state index contributed by atoms with van der Waals surface area (Å²) in [5.74, 6) is 0.758. The Morgan fingerprint density at radius 1 is 1.12 bits per heavy atom. The van der Waals surface area contributed by atoms with Gasteiger partial charge in [0.15, 0.2) is 11.6 Å². The van der Waals surface area contributed by atoms with E-state index in [-0.39, 0.29) is 36.0 Å². The van der Waals surface area contributed by atoms with Crippen LogP contribution in [0.15, 0.2) is 70.5 Å². The Morgan fingerprint density at radius 2 is 1.88 bits per heavy atom. The van der Waals surface area contributed by atoms with E-state index in [1.165, 1.54) is 0 Å². The summed E-state index contributed by atoms with van der Waals surface area (Å²) in [7, 11) is 1.67. The van der Waals surface area contributed by atoms with Crippen molar-refractivity contribution in [2.75, 3.05) is 18.5 Å². The third-order valence-corrected chi connectivity index (χ3v) is 9.67. The van der Waals surface area contributed by atoms with Crippen molar-refractivity contribution < 1.29 is 14.4 Å². The monoisotopic (exact) mass is 635 g/mol. The number of nitrogens with zero attached hydrogens (tertiary/aromatic N) is 3. The Bertz CT molecular complexity index is 1540. The first-order valence-electron chi connectivity index (χ1n) is 13.9. The zero-order valence-corrected chi connectivity index (χ0v) is 25.0. The highest BCUT2D eigenvalue weighted by Gasteiger charge is 2.44. The quantitative estimate of drug-likeness (QED) is 0.381. The first kappa shape index (κ1) is 27.9. The topological polar surface area (TPSA) is 96.3 Å². The fourth-order valence-electron chi connectivity index (χ4n) is 6.42. The molecule has 1 fully saturated rings. The minimum atomic E-state index is -0.681. The van der Waals surface area contributed by atoms with Crippen molar-refractivity contribution >= 4 is 50.8 Å². The third kappa shape index (κ3) is 5.27. The molecule has 8 nitrogen and oxygen atoms in total. The average molecular weight is 637 g/mol. The number of hydrogen-bond donors (Lipinski definition) is 2. The summed E-state index contributed by atoms with van der Waals surface area (Å²) >= 11 is 9.72. The lowest BCUT2D eigenvalue weighted by molar-refractivity contribution is -0.125. The molecule has 0 bridgehead atoms. The highest BCUT2D eigenvalue weighted by atomic mass is 79.9. The molecular formula is C31H31BrClN5O3. The van der Waals surface area contributed by atoms with E-state index < -0.39 is 6.04 Å². The lowest BCUT2D eigenvalue weighted by Gasteiger charge is -2.44. The standard InChI is InChI=1S/C31H31BrClN5O3/c1-34-30(41)19-7-10-22(11-8-19)38-28-23(17-37-31(38)21(15-36-37)13-18-5-3-2-4-6-18)27(35-16-26(28)39)29(40)20-9-12-24(32)25(33)14-20/h2-6,9,12,14-15,19,22,27,35H,7-8,10-11,13,16-17H2,1H3,(H,34,41). The van der Waals surface area contributed by atoms with Gasteiger partial charge < -0.3 is 10.2 Å². The molecule has 1 aliphatic carbocycles. The number of Topliss-reactive ketones (excluding diaryl/α,β-unsaturated/α-hetero) is 2. The van der Waals surface area contributed by atoms with Crippen LogP contribution in [0.4, 0.5) is 5.82 Å². The molecular weight excluding hydrogens is 606 g/mol. The maximum Gasteiger partial charge on any atom is 0.222 e. The largest absolute Gasteiger partial charge is 0.359 e. The molecule has 0 radical (unpaired) electrons. The molecule has 3 aromatic rings. The van der Waals surface area contributed by atoms with Crippen LogP contribution in [0.3, 0.4) is 0 Å². The number of benzene rings is 2. The first-order chi connectivity index (χ1) is 19.9. The van der Waals surface area contributed by atoms with Gasteiger partial charge in [0.25, 0.3) is 0 Å². The predicted molar refractivity (Wildman–Crippen MR) is 161 cm³/mol. The molecule has 0 spiro atoms. The molecule has 1 amide bonds. The number of anilines is 1. The van der Waals surface area contributed by atoms with Gasteiger partial charge in [0, 0.05) is 46.6 Å². The number of fused-ring (bicyclic) bond motifs is 1. The fraction of sp³-hybridized carbons (Fsp3) is 0.355. The second-order valence-corrected chi connectivity index (χ2v) is 12.2. The van der Waals surface area contributed by atoms with Crippen molar-refractivity contribution in [1.82, 2.24) is 20.4 Å². The summed E-state index contributed by atoms with van der Waals surface area (Å²) in [5, 5.41) is 11.2. The molecule has 41 heavy (non-hydrogen) atoms. The van der Waals surface area contributed by atoms with Gasteiger partial charge in [0.05, 0.1) is 36.0 Å². The smallest absolute Gasteiger partial charge is 0.222 e. The van der Waals surface area contributed by atoms with Crippen LogP contribution in [-0.2, 0) is 22.6 Å². The molecule has 6 rings (SSSR count). The molecule has 212 valence electrons. The summed E-state index contributed by atoms with van der Waals surface area (Å²) in [4.78, 5) is 42.1. The minimum absolute atomic E-state index is 0.00565. The highest BCUT2D eigenvalue weighted by molar-refractivity contribution is 9.10. The molecule has 3 heterocycles. The van der Waals surface area contributed by atoms with Gasteiger partial charge in [0.2, 0.25) is 5.91 Å². The number of hydrogen-bond acceptors (Lipinski definition) is 6. The molecule has 1 atom stereocenters. The summed E-state index contributed by atoms with van der Waals surface area (Å²) in [6.45, 7) is 0.398. The van der Waals surface area contributed by atoms with Crippen LogP contribution in [0.5, 0.6) is 0 Å². The second-order valence-electron chi connectivity index (χ2n) is 10.9. The lowest BCUT2D eigenvalue weighted by atomic mass is 9.82. The van der Waals surface area contributed by atoms with Crippen molar-refractivity contribution in [3.8, 4) is 0 Å². The summed E-state index contributed by atoms with van der Waals surface area (Å²) < 4.78 is 2.64. The van der Waals surface area contributed by atoms with Crippen LogP contribution < -0.4 is 15.5 Å². The molecule has 10 heteroatoms. The molecule has 2 N–H and O–H groups in total. The van der Waals surface area contributed by atoms with Crippen LogP contribution in [0, 0.1) is 5.92 Å². The van der Waals surface area contributed by atoms with Crippen molar-refractivity contribution in [2.45, 2.75) is 50.7 Å². The van der Waals surface area contributed by atoms with E-state index in [4.69, 9.17) is 16.7 Å². The van der Waals surface area contributed by atoms with E-state index in [9.17, 15) is 14.4 Å². The molecule has 2 aromatic carbocycles. The summed E-state index contributed by atoms with van der Waals surface area (Å²) in [6.07, 6.45) is 5.54. The number of aromatic nitrogens is 2. The number of amides is 1. The Hall–Kier alpha value is -3.27. The lowest BCUT2D eigenvalue weighted by Crippen LogP contribution is -2.55. The molecule has 3 aliphatic rings. The van der Waals surface area contributed by atoms with Crippen LogP contribution in [0.1, 0.15) is 47.2 Å². The normalized spacial score (nSPS) is 22.3.